The summed E-state index contributed by atoms with van der Waals surface area (Å²) < 4.78 is 81.1. The molecule has 2 amide bonds. The fourth-order valence-electron chi connectivity index (χ4n) is 2.53. The van der Waals surface area contributed by atoms with Crippen molar-refractivity contribution in [3.8, 4) is 5.75 Å². The number of halogens is 7. The number of carbonyl (C=O) groups is 2. The van der Waals surface area contributed by atoms with Gasteiger partial charge in [0.1, 0.15) is 11.4 Å². The van der Waals surface area contributed by atoms with Crippen LogP contribution in [-0.2, 0) is 6.18 Å². The Morgan fingerprint density at radius 1 is 1.09 bits per heavy atom. The molecule has 17 heteroatoms. The van der Waals surface area contributed by atoms with Crippen molar-refractivity contribution in [2.45, 2.75) is 12.5 Å². The summed E-state index contributed by atoms with van der Waals surface area (Å²) in [5.41, 5.74) is 1.58. The Hall–Kier alpha value is -3.79. The molecular formula is C17H12ClF6N7O3. The third kappa shape index (κ3) is 5.76. The fourth-order valence-corrected chi connectivity index (χ4v) is 2.82. The van der Waals surface area contributed by atoms with E-state index in [0.29, 0.717) is 24.4 Å². The number of benzene rings is 1. The summed E-state index contributed by atoms with van der Waals surface area (Å²) in [5.74, 6) is -3.33. The van der Waals surface area contributed by atoms with Crippen molar-refractivity contribution in [2.75, 3.05) is 12.4 Å². The number of hydrogen-bond donors (Lipinski definition) is 4. The molecule has 4 N–H and O–H groups in total. The number of rotatable bonds is 4. The van der Waals surface area contributed by atoms with E-state index in [1.165, 1.54) is 12.1 Å². The van der Waals surface area contributed by atoms with Gasteiger partial charge in [0.2, 0.25) is 5.96 Å². The van der Waals surface area contributed by atoms with Crippen LogP contribution in [0.1, 0.15) is 26.4 Å². The number of aromatic nitrogens is 1. The summed E-state index contributed by atoms with van der Waals surface area (Å²) in [4.78, 5) is 28.5. The molecule has 3 rings (SSSR count). The summed E-state index contributed by atoms with van der Waals surface area (Å²) in [7, 11) is 1.47. The average Bonchev–Trinajstić information content (AvgIpc) is 3.13. The minimum atomic E-state index is -5.22. The predicted molar refractivity (Wildman–Crippen MR) is 104 cm³/mol. The highest BCUT2D eigenvalue weighted by atomic mass is 35.5. The number of alkyl halides is 6. The fraction of sp³-hybridized carbons (Fsp3) is 0.176. The molecule has 1 aliphatic rings. The first-order valence-electron chi connectivity index (χ1n) is 8.82. The molecule has 0 radical (unpaired) electrons. The van der Waals surface area contributed by atoms with Crippen LogP contribution in [0, 0.1) is 0 Å². The maximum Gasteiger partial charge on any atom is 0.573 e. The zero-order chi connectivity index (χ0) is 25.3. The standard InChI is InChI=1S/C17H12ClF6N7O3/c1-31-15(28-29-30-31)27-13(32)8-2-3-10(34-17(22,23)24)12(11(8)18)26-14(33)9-6-7(4-5-25-9)16(19,20)21/h2-6,29-30H,1H3,(H,26,33)(H,27,28,32). The van der Waals surface area contributed by atoms with Gasteiger partial charge in [0, 0.05) is 13.2 Å². The number of guanidine groups is 1. The Morgan fingerprint density at radius 2 is 1.79 bits per heavy atom. The Labute approximate surface area is 190 Å². The summed E-state index contributed by atoms with van der Waals surface area (Å²) >= 11 is 6.09. The number of pyridine rings is 1. The average molecular weight is 512 g/mol. The molecule has 10 nitrogen and oxygen atoms in total. The van der Waals surface area contributed by atoms with Crippen LogP contribution in [-0.4, -0.2) is 41.2 Å². The van der Waals surface area contributed by atoms with E-state index in [2.05, 4.69) is 31.2 Å². The van der Waals surface area contributed by atoms with Crippen molar-refractivity contribution >= 4 is 35.1 Å². The highest BCUT2D eigenvalue weighted by Gasteiger charge is 2.35. The van der Waals surface area contributed by atoms with E-state index in [4.69, 9.17) is 11.6 Å². The number of hydrazone groups is 1. The van der Waals surface area contributed by atoms with Gasteiger partial charge >= 0.3 is 12.5 Å². The van der Waals surface area contributed by atoms with Crippen molar-refractivity contribution in [2.24, 2.45) is 5.10 Å². The summed E-state index contributed by atoms with van der Waals surface area (Å²) in [6.45, 7) is 0. The zero-order valence-electron chi connectivity index (χ0n) is 16.6. The number of nitrogens with one attached hydrogen (secondary N) is 4. The first-order valence-corrected chi connectivity index (χ1v) is 9.20. The van der Waals surface area contributed by atoms with E-state index >= 15 is 0 Å². The monoisotopic (exact) mass is 511 g/mol. The van der Waals surface area contributed by atoms with E-state index in [1.807, 2.05) is 5.32 Å². The third-order valence-electron chi connectivity index (χ3n) is 4.06. The molecule has 1 aromatic carbocycles. The largest absolute Gasteiger partial charge is 0.573 e. The van der Waals surface area contributed by atoms with Crippen LogP contribution in [0.4, 0.5) is 32.0 Å². The van der Waals surface area contributed by atoms with Crippen LogP contribution in [0.25, 0.3) is 0 Å². The molecule has 1 aromatic heterocycles. The number of hydrogen-bond acceptors (Lipinski definition) is 8. The topological polar surface area (TPSA) is 120 Å². The molecule has 0 aliphatic carbocycles. The molecule has 2 aromatic rings. The van der Waals surface area contributed by atoms with Gasteiger partial charge in [-0.05, 0) is 24.3 Å². The summed E-state index contributed by atoms with van der Waals surface area (Å²) in [6, 6.07) is 2.56. The van der Waals surface area contributed by atoms with E-state index < -0.39 is 57.6 Å². The molecule has 2 heterocycles. The van der Waals surface area contributed by atoms with E-state index in [1.54, 1.807) is 0 Å². The van der Waals surface area contributed by atoms with Gasteiger partial charge in [-0.15, -0.1) is 23.8 Å². The van der Waals surface area contributed by atoms with Crippen molar-refractivity contribution in [1.82, 2.24) is 26.4 Å². The van der Waals surface area contributed by atoms with Gasteiger partial charge in [-0.25, -0.2) is 5.53 Å². The molecule has 0 saturated heterocycles. The first kappa shape index (κ1) is 24.8. The Morgan fingerprint density at radius 3 is 2.38 bits per heavy atom. The Kier molecular flexibility index (Phi) is 6.74. The van der Waals surface area contributed by atoms with Crippen molar-refractivity contribution < 1.29 is 40.7 Å². The maximum atomic E-state index is 12.9. The SMILES string of the molecule is CN1NNN=C1NC(=O)c1ccc(OC(F)(F)F)c(NC(=O)c2cc(C(F)(F)F)ccn2)c1Cl. The second kappa shape index (κ2) is 9.22. The maximum absolute atomic E-state index is 12.9. The molecule has 0 fully saturated rings. The van der Waals surface area contributed by atoms with E-state index in [9.17, 15) is 35.9 Å². The van der Waals surface area contributed by atoms with Gasteiger partial charge in [-0.3, -0.25) is 24.9 Å². The smallest absolute Gasteiger partial charge is 0.404 e. The number of ether oxygens (including phenoxy) is 1. The molecule has 1 aliphatic heterocycles. The Balaban J connectivity index is 1.97. The second-order valence-corrected chi connectivity index (χ2v) is 6.78. The zero-order valence-corrected chi connectivity index (χ0v) is 17.4. The third-order valence-corrected chi connectivity index (χ3v) is 4.45. The number of carbonyl (C=O) groups excluding carboxylic acids is 2. The molecule has 0 saturated carbocycles. The quantitative estimate of drug-likeness (QED) is 0.466. The minimum absolute atomic E-state index is 0.0320. The number of amides is 2. The summed E-state index contributed by atoms with van der Waals surface area (Å²) in [6.07, 6.45) is -9.34. The minimum Gasteiger partial charge on any atom is -0.404 e. The molecule has 0 unspecified atom stereocenters. The van der Waals surface area contributed by atoms with Crippen molar-refractivity contribution in [3.05, 3.63) is 52.3 Å². The van der Waals surface area contributed by atoms with Crippen LogP contribution in [0.3, 0.4) is 0 Å². The van der Waals surface area contributed by atoms with Gasteiger partial charge in [-0.2, -0.15) is 13.2 Å². The Bertz CT molecular complexity index is 1160. The van der Waals surface area contributed by atoms with E-state index in [0.717, 1.165) is 6.07 Å². The first-order chi connectivity index (χ1) is 15.8. The van der Waals surface area contributed by atoms with Crippen molar-refractivity contribution in [3.63, 3.8) is 0 Å². The molecular weight excluding hydrogens is 500 g/mol. The van der Waals surface area contributed by atoms with Gasteiger partial charge in [0.25, 0.3) is 11.8 Å². The second-order valence-electron chi connectivity index (χ2n) is 6.40. The predicted octanol–water partition coefficient (Wildman–Crippen LogP) is 2.86. The van der Waals surface area contributed by atoms with Crippen molar-refractivity contribution in [1.29, 1.82) is 0 Å². The highest BCUT2D eigenvalue weighted by molar-refractivity contribution is 6.37. The molecule has 0 spiro atoms. The lowest BCUT2D eigenvalue weighted by atomic mass is 10.1. The van der Waals surface area contributed by atoms with Gasteiger partial charge in [-0.1, -0.05) is 11.6 Å². The summed E-state index contributed by atoms with van der Waals surface area (Å²) in [5, 5.41) is 8.46. The van der Waals surface area contributed by atoms with E-state index in [-0.39, 0.29) is 5.96 Å². The molecule has 182 valence electrons. The lowest BCUT2D eigenvalue weighted by Gasteiger charge is -2.18. The van der Waals surface area contributed by atoms with Gasteiger partial charge in [0.15, 0.2) is 5.75 Å². The molecule has 34 heavy (non-hydrogen) atoms. The van der Waals surface area contributed by atoms with Crippen LogP contribution < -0.4 is 26.4 Å². The van der Waals surface area contributed by atoms with Crippen LogP contribution in [0.15, 0.2) is 35.6 Å². The normalized spacial score (nSPS) is 13.8. The lowest BCUT2D eigenvalue weighted by molar-refractivity contribution is -0.274. The van der Waals surface area contributed by atoms with Crippen LogP contribution >= 0.6 is 11.6 Å². The van der Waals surface area contributed by atoms with Gasteiger partial charge in [0.05, 0.1) is 16.1 Å². The van der Waals surface area contributed by atoms with Gasteiger partial charge < -0.3 is 10.1 Å². The lowest BCUT2D eigenvalue weighted by Crippen LogP contribution is -2.45. The molecule has 0 atom stereocenters. The highest BCUT2D eigenvalue weighted by Crippen LogP contribution is 2.38. The number of hydrazine groups is 2. The number of anilines is 1. The van der Waals surface area contributed by atoms with Crippen LogP contribution in [0.5, 0.6) is 5.75 Å². The molecule has 0 bridgehead atoms. The van der Waals surface area contributed by atoms with Crippen LogP contribution in [0.2, 0.25) is 5.02 Å². The number of nitrogens with zero attached hydrogens (tertiary/aromatic N) is 3.